The molecule has 2 aliphatic rings. The molecule has 6 nitrogen and oxygen atoms in total. The first-order valence-corrected chi connectivity index (χ1v) is 11.9. The van der Waals surface area contributed by atoms with Crippen molar-refractivity contribution in [3.05, 3.63) is 77.6 Å². The number of likely N-dealkylation sites (N-methyl/N-ethyl adjacent to an activating group) is 1. The van der Waals surface area contributed by atoms with Crippen LogP contribution >= 0.6 is 0 Å². The lowest BCUT2D eigenvalue weighted by atomic mass is 9.99. The van der Waals surface area contributed by atoms with Gasteiger partial charge in [0.1, 0.15) is 11.4 Å². The summed E-state index contributed by atoms with van der Waals surface area (Å²) in [4.78, 5) is 15.1. The Morgan fingerprint density at radius 1 is 0.943 bits per heavy atom. The lowest BCUT2D eigenvalue weighted by Gasteiger charge is -2.35. The molecule has 0 radical (unpaired) electrons. The molecule has 0 aromatic heterocycles. The fourth-order valence-electron chi connectivity index (χ4n) is 4.72. The van der Waals surface area contributed by atoms with E-state index in [1.165, 1.54) is 17.2 Å². The third kappa shape index (κ3) is 4.56. The summed E-state index contributed by atoms with van der Waals surface area (Å²) in [5.41, 5.74) is 5.67. The van der Waals surface area contributed by atoms with E-state index < -0.39 is 12.0 Å². The molecule has 0 aliphatic carbocycles. The van der Waals surface area contributed by atoms with Crippen LogP contribution in [-0.4, -0.2) is 51.1 Å². The summed E-state index contributed by atoms with van der Waals surface area (Å²) in [6.45, 7) is 7.46. The first kappa shape index (κ1) is 23.2. The monoisotopic (exact) mass is 474 g/mol. The summed E-state index contributed by atoms with van der Waals surface area (Å²) >= 11 is 0. The smallest absolute Gasteiger partial charge is 0.217 e. The molecule has 3 aromatic carbocycles. The maximum Gasteiger partial charge on any atom is 0.217 e. The van der Waals surface area contributed by atoms with Gasteiger partial charge >= 0.3 is 0 Å². The molecule has 5 rings (SSSR count). The summed E-state index contributed by atoms with van der Waals surface area (Å²) in [6, 6.07) is 19.8. The second-order valence-corrected chi connectivity index (χ2v) is 9.14. The van der Waals surface area contributed by atoms with Crippen molar-refractivity contribution in [3.63, 3.8) is 0 Å². The maximum absolute atomic E-state index is 15.4. The number of halogens is 1. The minimum atomic E-state index is -0.482. The average molecular weight is 475 g/mol. The van der Waals surface area contributed by atoms with Crippen LogP contribution in [0.3, 0.4) is 0 Å². The molecule has 0 bridgehead atoms. The first-order valence-electron chi connectivity index (χ1n) is 11.9. The van der Waals surface area contributed by atoms with E-state index in [-0.39, 0.29) is 0 Å². The number of methoxy groups -OCH3 is 1. The predicted octanol–water partition coefficient (Wildman–Crippen LogP) is 5.43. The zero-order valence-corrected chi connectivity index (χ0v) is 20.7. The van der Waals surface area contributed by atoms with Gasteiger partial charge < -0.3 is 19.4 Å². The summed E-state index contributed by atoms with van der Waals surface area (Å²) in [6.07, 6.45) is -0.482. The Bertz CT molecular complexity index is 1240. The Labute approximate surface area is 206 Å². The van der Waals surface area contributed by atoms with E-state index in [0.717, 1.165) is 43.0 Å². The van der Waals surface area contributed by atoms with Crippen LogP contribution in [0.25, 0.3) is 11.1 Å². The van der Waals surface area contributed by atoms with E-state index in [0.29, 0.717) is 17.3 Å². The average Bonchev–Trinajstić information content (AvgIpc) is 3.26. The number of benzene rings is 3. The fourth-order valence-corrected chi connectivity index (χ4v) is 4.72. The molecule has 2 heterocycles. The molecule has 7 heteroatoms. The normalized spacial score (nSPS) is 18.4. The van der Waals surface area contributed by atoms with E-state index in [4.69, 9.17) is 9.57 Å². The lowest BCUT2D eigenvalue weighted by molar-refractivity contribution is 0.262. The zero-order chi connectivity index (χ0) is 24.5. The number of ether oxygens (including phenoxy) is 1. The summed E-state index contributed by atoms with van der Waals surface area (Å²) < 4.78 is 20.9. The molecule has 2 aliphatic heterocycles. The molecule has 3 aromatic rings. The second kappa shape index (κ2) is 9.58. The highest BCUT2D eigenvalue weighted by Gasteiger charge is 2.32. The third-order valence-corrected chi connectivity index (χ3v) is 6.75. The number of anilines is 2. The van der Waals surface area contributed by atoms with Gasteiger partial charge in [-0.3, -0.25) is 0 Å². The van der Waals surface area contributed by atoms with E-state index in [1.807, 2.05) is 30.3 Å². The van der Waals surface area contributed by atoms with E-state index in [9.17, 15) is 0 Å². The van der Waals surface area contributed by atoms with Crippen LogP contribution in [0.5, 0.6) is 5.75 Å². The van der Waals surface area contributed by atoms with Crippen molar-refractivity contribution >= 4 is 17.3 Å². The number of rotatable bonds is 5. The molecule has 35 heavy (non-hydrogen) atoms. The fraction of sp³-hybridized carbons (Fsp3) is 0.321. The van der Waals surface area contributed by atoms with Gasteiger partial charge in [0, 0.05) is 39.2 Å². The zero-order valence-electron chi connectivity index (χ0n) is 20.7. The predicted molar refractivity (Wildman–Crippen MR) is 139 cm³/mol. The van der Waals surface area contributed by atoms with Gasteiger partial charge in [0.15, 0.2) is 12.0 Å². The minimum absolute atomic E-state index is 0.341. The van der Waals surface area contributed by atoms with E-state index >= 15 is 4.39 Å². The largest absolute Gasteiger partial charge is 0.494 e. The Kier molecular flexibility index (Phi) is 6.34. The van der Waals surface area contributed by atoms with Gasteiger partial charge in [0.2, 0.25) is 5.90 Å². The van der Waals surface area contributed by atoms with E-state index in [1.54, 1.807) is 19.1 Å². The van der Waals surface area contributed by atoms with Crippen LogP contribution in [0, 0.1) is 12.7 Å². The molecule has 182 valence electrons. The van der Waals surface area contributed by atoms with Crippen LogP contribution in [0.1, 0.15) is 24.2 Å². The molecule has 0 spiro atoms. The number of nitrogens with zero attached hydrogens (tertiary/aromatic N) is 4. The van der Waals surface area contributed by atoms with Gasteiger partial charge in [0.25, 0.3) is 0 Å². The summed E-state index contributed by atoms with van der Waals surface area (Å²) in [5.74, 6) is 0.604. The lowest BCUT2D eigenvalue weighted by Crippen LogP contribution is -2.44. The highest BCUT2D eigenvalue weighted by molar-refractivity contribution is 5.79. The number of hydrogen-bond acceptors (Lipinski definition) is 6. The van der Waals surface area contributed by atoms with Crippen molar-refractivity contribution in [3.8, 4) is 16.9 Å². The quantitative estimate of drug-likeness (QED) is 0.493. The number of piperazine rings is 1. The Morgan fingerprint density at radius 2 is 1.66 bits per heavy atom. The van der Waals surface area contributed by atoms with Crippen LogP contribution in [0.4, 0.5) is 15.8 Å². The second-order valence-electron chi connectivity index (χ2n) is 9.14. The highest BCUT2D eigenvalue weighted by atomic mass is 19.1. The molecule has 1 saturated heterocycles. The summed E-state index contributed by atoms with van der Waals surface area (Å²) in [5, 5.41) is 1.56. The standard InChI is InChI=1S/C28H31FN4O2/c1-19-7-5-6-8-23(19)21-9-11-22(12-10-21)28-30-20(2)35-33(28)25-18-26(27(34-4)17-24(25)29)32-15-13-31(3)14-16-32/h5-12,17-18,28H,13-16H2,1-4H3. The molecule has 1 atom stereocenters. The molecule has 0 saturated carbocycles. The summed E-state index contributed by atoms with van der Waals surface area (Å²) in [7, 11) is 3.68. The van der Waals surface area contributed by atoms with Crippen molar-refractivity contribution in [2.24, 2.45) is 4.99 Å². The van der Waals surface area contributed by atoms with Gasteiger partial charge in [-0.05, 0) is 42.3 Å². The van der Waals surface area contributed by atoms with Crippen LogP contribution in [-0.2, 0) is 4.84 Å². The highest BCUT2D eigenvalue weighted by Crippen LogP contribution is 2.41. The Morgan fingerprint density at radius 3 is 2.34 bits per heavy atom. The topological polar surface area (TPSA) is 40.5 Å². The van der Waals surface area contributed by atoms with Crippen molar-refractivity contribution < 1.29 is 14.0 Å². The van der Waals surface area contributed by atoms with Gasteiger partial charge in [-0.25, -0.2) is 9.38 Å². The number of hydrogen-bond donors (Lipinski definition) is 0. The van der Waals surface area contributed by atoms with Crippen molar-refractivity contribution in [1.82, 2.24) is 4.90 Å². The van der Waals surface area contributed by atoms with Gasteiger partial charge in [-0.2, -0.15) is 5.06 Å². The maximum atomic E-state index is 15.4. The van der Waals surface area contributed by atoms with Crippen LogP contribution in [0.15, 0.2) is 65.7 Å². The van der Waals surface area contributed by atoms with Crippen molar-refractivity contribution in [2.75, 3.05) is 50.3 Å². The Balaban J connectivity index is 1.48. The molecule has 0 amide bonds. The third-order valence-electron chi connectivity index (χ3n) is 6.75. The van der Waals surface area contributed by atoms with Gasteiger partial charge in [-0.15, -0.1) is 0 Å². The van der Waals surface area contributed by atoms with Gasteiger partial charge in [0.05, 0.1) is 12.8 Å². The van der Waals surface area contributed by atoms with Crippen LogP contribution in [0.2, 0.25) is 0 Å². The molecular weight excluding hydrogens is 443 g/mol. The Hall–Kier alpha value is -3.58. The van der Waals surface area contributed by atoms with Crippen molar-refractivity contribution in [1.29, 1.82) is 0 Å². The van der Waals surface area contributed by atoms with Crippen molar-refractivity contribution in [2.45, 2.75) is 20.0 Å². The molecule has 1 unspecified atom stereocenters. The van der Waals surface area contributed by atoms with E-state index in [2.05, 4.69) is 53.0 Å². The molecular formula is C28H31FN4O2. The van der Waals surface area contributed by atoms with Crippen LogP contribution < -0.4 is 14.7 Å². The SMILES string of the molecule is COc1cc(F)c(N2OC(C)=NC2c2ccc(-c3ccccc3C)cc2)cc1N1CCN(C)CC1. The number of aliphatic imine (C=N–C) groups is 1. The minimum Gasteiger partial charge on any atom is -0.494 e. The van der Waals surface area contributed by atoms with Gasteiger partial charge in [-0.1, -0.05) is 48.5 Å². The molecule has 0 N–H and O–H groups in total. The first-order chi connectivity index (χ1) is 16.9. The number of hydroxylamine groups is 1. The number of aryl methyl sites for hydroxylation is 1. The molecule has 1 fully saturated rings.